The topological polar surface area (TPSA) is 94.9 Å². The number of hydrogen-bond donors (Lipinski definition) is 0. The number of hydrogen-bond acceptors (Lipinski definition) is 6. The number of Topliss-reactive ketones (excluding diaryl/α,β-unsaturated/α-hetero) is 1. The molecule has 8 nitrogen and oxygen atoms in total. The molecule has 8 heteroatoms. The van der Waals surface area contributed by atoms with Gasteiger partial charge in [-0.25, -0.2) is 9.69 Å². The molecule has 0 atom stereocenters. The summed E-state index contributed by atoms with van der Waals surface area (Å²) in [5.41, 5.74) is 3.09. The highest BCUT2D eigenvalue weighted by Gasteiger charge is 2.37. The van der Waals surface area contributed by atoms with Gasteiger partial charge in [0.2, 0.25) is 5.78 Å². The molecular weight excluding hydrogens is 448 g/mol. The van der Waals surface area contributed by atoms with Gasteiger partial charge in [-0.15, -0.1) is 0 Å². The summed E-state index contributed by atoms with van der Waals surface area (Å²) >= 11 is 0. The molecule has 4 rings (SSSR count). The third-order valence-electron chi connectivity index (χ3n) is 6.05. The quantitative estimate of drug-likeness (QED) is 0.273. The van der Waals surface area contributed by atoms with Gasteiger partial charge in [0.1, 0.15) is 5.75 Å². The van der Waals surface area contributed by atoms with Crippen LogP contribution in [0, 0.1) is 13.8 Å². The van der Waals surface area contributed by atoms with Gasteiger partial charge in [-0.05, 0) is 76.2 Å². The molecule has 0 saturated carbocycles. The lowest BCUT2D eigenvalue weighted by Crippen LogP contribution is -2.29. The van der Waals surface area contributed by atoms with Gasteiger partial charge in [0.05, 0.1) is 29.0 Å². The molecule has 2 aromatic carbocycles. The molecule has 0 unspecified atom stereocenters. The number of rotatable bonds is 8. The Balaban J connectivity index is 1.48. The summed E-state index contributed by atoms with van der Waals surface area (Å²) in [5.74, 6) is -1.43. The summed E-state index contributed by atoms with van der Waals surface area (Å²) in [6.07, 6.45) is 0. The van der Waals surface area contributed by atoms with E-state index in [9.17, 15) is 19.2 Å². The van der Waals surface area contributed by atoms with Crippen LogP contribution in [-0.2, 0) is 11.3 Å². The summed E-state index contributed by atoms with van der Waals surface area (Å²) in [6, 6.07) is 12.6. The number of amides is 2. The lowest BCUT2D eigenvalue weighted by molar-refractivity contribution is 0.0474. The number of esters is 1. The van der Waals surface area contributed by atoms with Gasteiger partial charge in [-0.2, -0.15) is 0 Å². The number of benzene rings is 2. The minimum absolute atomic E-state index is 0.0882. The molecule has 1 aliphatic rings. The zero-order valence-electron chi connectivity index (χ0n) is 20.1. The summed E-state index contributed by atoms with van der Waals surface area (Å²) in [5, 5.41) is 0. The van der Waals surface area contributed by atoms with E-state index >= 15 is 0 Å². The second kappa shape index (κ2) is 9.58. The molecule has 0 radical (unpaired) electrons. The third kappa shape index (κ3) is 4.35. The highest BCUT2D eigenvalue weighted by molar-refractivity contribution is 6.34. The molecule has 1 aromatic heterocycles. The van der Waals surface area contributed by atoms with E-state index in [4.69, 9.17) is 9.47 Å². The molecule has 1 aliphatic heterocycles. The Bertz CT molecular complexity index is 1340. The van der Waals surface area contributed by atoms with Crippen molar-refractivity contribution in [3.63, 3.8) is 0 Å². The first-order chi connectivity index (χ1) is 16.8. The predicted octanol–water partition coefficient (Wildman–Crippen LogP) is 4.36. The Labute approximate surface area is 203 Å². The molecule has 35 heavy (non-hydrogen) atoms. The summed E-state index contributed by atoms with van der Waals surface area (Å²) < 4.78 is 12.6. The van der Waals surface area contributed by atoms with Crippen LogP contribution < -0.4 is 9.64 Å². The normalized spacial score (nSPS) is 12.6. The number of aromatic nitrogens is 1. The van der Waals surface area contributed by atoms with Crippen LogP contribution in [0.1, 0.15) is 66.7 Å². The molecule has 0 N–H and O–H groups in total. The highest BCUT2D eigenvalue weighted by atomic mass is 16.5. The number of anilines is 1. The van der Waals surface area contributed by atoms with Crippen molar-refractivity contribution in [3.8, 4) is 5.75 Å². The van der Waals surface area contributed by atoms with E-state index in [-0.39, 0.29) is 22.5 Å². The summed E-state index contributed by atoms with van der Waals surface area (Å²) in [6.45, 7) is 8.44. The Kier molecular flexibility index (Phi) is 6.55. The number of ketones is 1. The molecule has 0 fully saturated rings. The van der Waals surface area contributed by atoms with E-state index < -0.39 is 24.4 Å². The van der Waals surface area contributed by atoms with E-state index in [0.717, 1.165) is 22.8 Å². The first kappa shape index (κ1) is 23.9. The smallest absolute Gasteiger partial charge is 0.338 e. The lowest BCUT2D eigenvalue weighted by atomic mass is 10.1. The highest BCUT2D eigenvalue weighted by Crippen LogP contribution is 2.30. The van der Waals surface area contributed by atoms with Crippen LogP contribution in [-0.4, -0.2) is 41.3 Å². The monoisotopic (exact) mass is 474 g/mol. The Hall–Kier alpha value is -4.20. The Morgan fingerprint density at radius 1 is 0.886 bits per heavy atom. The molecule has 0 saturated heterocycles. The van der Waals surface area contributed by atoms with Crippen molar-refractivity contribution in [2.75, 3.05) is 18.1 Å². The number of ether oxygens (including phenoxy) is 2. The average molecular weight is 475 g/mol. The van der Waals surface area contributed by atoms with Crippen LogP contribution in [0.3, 0.4) is 0 Å². The van der Waals surface area contributed by atoms with Crippen LogP contribution in [0.4, 0.5) is 5.69 Å². The SMILES string of the molecule is CCOc1ccc(N2C(=O)c3ccc(C(=O)OCC(=O)c4cc(C)n(CC)c4C)cc3C2=O)cc1. The van der Waals surface area contributed by atoms with E-state index in [2.05, 4.69) is 0 Å². The van der Waals surface area contributed by atoms with Crippen LogP contribution in [0.5, 0.6) is 5.75 Å². The molecule has 2 heterocycles. The maximum Gasteiger partial charge on any atom is 0.338 e. The number of imide groups is 1. The fourth-order valence-electron chi connectivity index (χ4n) is 4.32. The van der Waals surface area contributed by atoms with E-state index in [1.165, 1.54) is 18.2 Å². The number of aryl methyl sites for hydroxylation is 1. The predicted molar refractivity (Wildman–Crippen MR) is 129 cm³/mol. The van der Waals surface area contributed by atoms with Gasteiger partial charge in [0.25, 0.3) is 11.8 Å². The van der Waals surface area contributed by atoms with Crippen LogP contribution >= 0.6 is 0 Å². The molecule has 0 aliphatic carbocycles. The third-order valence-corrected chi connectivity index (χ3v) is 6.05. The van der Waals surface area contributed by atoms with Gasteiger partial charge in [0, 0.05) is 23.5 Å². The van der Waals surface area contributed by atoms with Crippen molar-refractivity contribution >= 4 is 29.3 Å². The number of nitrogens with zero attached hydrogens (tertiary/aromatic N) is 2. The first-order valence-electron chi connectivity index (χ1n) is 11.4. The van der Waals surface area contributed by atoms with Crippen molar-refractivity contribution < 1.29 is 28.7 Å². The minimum atomic E-state index is -0.745. The molecule has 0 spiro atoms. The molecule has 180 valence electrons. The van der Waals surface area contributed by atoms with Gasteiger partial charge in [-0.3, -0.25) is 14.4 Å². The Morgan fingerprint density at radius 3 is 2.20 bits per heavy atom. The van der Waals surface area contributed by atoms with Crippen molar-refractivity contribution in [2.24, 2.45) is 0 Å². The maximum atomic E-state index is 13.0. The van der Waals surface area contributed by atoms with Crippen molar-refractivity contribution in [2.45, 2.75) is 34.2 Å². The lowest BCUT2D eigenvalue weighted by Gasteiger charge is -2.14. The van der Waals surface area contributed by atoms with Crippen LogP contribution in [0.25, 0.3) is 0 Å². The number of carbonyl (C=O) groups excluding carboxylic acids is 4. The average Bonchev–Trinajstić information content (AvgIpc) is 3.29. The van der Waals surface area contributed by atoms with Gasteiger partial charge < -0.3 is 14.0 Å². The van der Waals surface area contributed by atoms with Gasteiger partial charge >= 0.3 is 5.97 Å². The maximum absolute atomic E-state index is 13.0. The van der Waals surface area contributed by atoms with E-state index in [0.29, 0.717) is 23.6 Å². The van der Waals surface area contributed by atoms with Crippen molar-refractivity contribution in [1.82, 2.24) is 4.57 Å². The molecule has 0 bridgehead atoms. The summed E-state index contributed by atoms with van der Waals surface area (Å²) in [7, 11) is 0. The fourth-order valence-corrected chi connectivity index (χ4v) is 4.32. The standard InChI is InChI=1S/C27H26N2O6/c1-5-28-16(3)13-22(17(28)4)24(30)15-35-27(33)18-7-12-21-23(14-18)26(32)29(25(21)31)19-8-10-20(11-9-19)34-6-2/h7-14H,5-6,15H2,1-4H3. The molecule has 3 aromatic rings. The first-order valence-corrected chi connectivity index (χ1v) is 11.4. The van der Waals surface area contributed by atoms with Crippen LogP contribution in [0.2, 0.25) is 0 Å². The van der Waals surface area contributed by atoms with E-state index in [1.54, 1.807) is 30.3 Å². The zero-order valence-corrected chi connectivity index (χ0v) is 20.1. The summed E-state index contributed by atoms with van der Waals surface area (Å²) in [4.78, 5) is 52.2. The molecular formula is C27H26N2O6. The van der Waals surface area contributed by atoms with E-state index in [1.807, 2.05) is 32.3 Å². The second-order valence-corrected chi connectivity index (χ2v) is 8.16. The van der Waals surface area contributed by atoms with Gasteiger partial charge in [0.15, 0.2) is 6.61 Å². The number of fused-ring (bicyclic) bond motifs is 1. The van der Waals surface area contributed by atoms with Crippen LogP contribution in [0.15, 0.2) is 48.5 Å². The Morgan fingerprint density at radius 2 is 1.57 bits per heavy atom. The fraction of sp³-hybridized carbons (Fsp3) is 0.259. The minimum Gasteiger partial charge on any atom is -0.494 e. The number of carbonyl (C=O) groups is 4. The largest absolute Gasteiger partial charge is 0.494 e. The van der Waals surface area contributed by atoms with Gasteiger partial charge in [-0.1, -0.05) is 0 Å². The zero-order chi connectivity index (χ0) is 25.3. The molecule has 2 amide bonds. The van der Waals surface area contributed by atoms with Crippen molar-refractivity contribution in [1.29, 1.82) is 0 Å². The second-order valence-electron chi connectivity index (χ2n) is 8.16. The van der Waals surface area contributed by atoms with Crippen molar-refractivity contribution in [3.05, 3.63) is 82.2 Å².